The van der Waals surface area contributed by atoms with E-state index in [0.29, 0.717) is 18.0 Å². The summed E-state index contributed by atoms with van der Waals surface area (Å²) >= 11 is 0. The first-order chi connectivity index (χ1) is 9.92. The van der Waals surface area contributed by atoms with Crippen LogP contribution in [0.2, 0.25) is 0 Å². The smallest absolute Gasteiger partial charge is 0.328 e. The second-order valence-electron chi connectivity index (χ2n) is 5.75. The van der Waals surface area contributed by atoms with E-state index in [1.807, 2.05) is 7.05 Å². The first kappa shape index (κ1) is 15.7. The van der Waals surface area contributed by atoms with Crippen LogP contribution in [0.15, 0.2) is 24.3 Å². The summed E-state index contributed by atoms with van der Waals surface area (Å²) in [6, 6.07) is 4.56. The molecule has 5 heteroatoms. The number of hydrogen-bond acceptors (Lipinski definition) is 3. The molecule has 0 amide bonds. The second kappa shape index (κ2) is 6.83. The van der Waals surface area contributed by atoms with E-state index in [1.165, 1.54) is 18.2 Å². The Hall–Kier alpha value is -1.72. The third kappa shape index (κ3) is 4.95. The van der Waals surface area contributed by atoms with E-state index in [-0.39, 0.29) is 11.9 Å². The van der Waals surface area contributed by atoms with Gasteiger partial charge in [0.2, 0.25) is 0 Å². The fourth-order valence-electron chi connectivity index (χ4n) is 2.70. The average Bonchev–Trinajstić information content (AvgIpc) is 2.33. The summed E-state index contributed by atoms with van der Waals surface area (Å²) in [7, 11) is 1.96. The molecular formula is C16H20FNO3. The van der Waals surface area contributed by atoms with E-state index < -0.39 is 5.97 Å². The molecule has 0 bridgehead atoms. The largest absolute Gasteiger partial charge is 0.478 e. The fourth-order valence-corrected chi connectivity index (χ4v) is 2.70. The van der Waals surface area contributed by atoms with Gasteiger partial charge in [0, 0.05) is 19.2 Å². The van der Waals surface area contributed by atoms with Crippen molar-refractivity contribution in [3.8, 4) is 0 Å². The standard InChI is InChI=1S/C16H20FNO3/c1-18(10-13-7-15(19)8-13)9-12-4-11(2-3-16(20)21)5-14(17)6-12/h2-6,13,15,19H,7-10H2,1H3,(H,20,21). The van der Waals surface area contributed by atoms with E-state index in [1.54, 1.807) is 6.07 Å². The zero-order valence-corrected chi connectivity index (χ0v) is 12.0. The lowest BCUT2D eigenvalue weighted by molar-refractivity contribution is -0.131. The monoisotopic (exact) mass is 293 g/mol. The van der Waals surface area contributed by atoms with Gasteiger partial charge in [0.1, 0.15) is 5.82 Å². The maximum absolute atomic E-state index is 13.6. The van der Waals surface area contributed by atoms with Crippen molar-refractivity contribution in [3.63, 3.8) is 0 Å². The van der Waals surface area contributed by atoms with Crippen molar-refractivity contribution in [1.29, 1.82) is 0 Å². The van der Waals surface area contributed by atoms with E-state index in [2.05, 4.69) is 4.90 Å². The topological polar surface area (TPSA) is 60.8 Å². The molecule has 0 radical (unpaired) electrons. The minimum absolute atomic E-state index is 0.162. The predicted molar refractivity (Wildman–Crippen MR) is 78.1 cm³/mol. The Bertz CT molecular complexity index is 538. The summed E-state index contributed by atoms with van der Waals surface area (Å²) in [5, 5.41) is 17.9. The van der Waals surface area contributed by atoms with Crippen molar-refractivity contribution in [2.24, 2.45) is 5.92 Å². The van der Waals surface area contributed by atoms with Crippen molar-refractivity contribution in [2.75, 3.05) is 13.6 Å². The van der Waals surface area contributed by atoms with Gasteiger partial charge in [-0.25, -0.2) is 9.18 Å². The third-order valence-corrected chi connectivity index (χ3v) is 3.63. The molecule has 1 aliphatic carbocycles. The molecular weight excluding hydrogens is 273 g/mol. The van der Waals surface area contributed by atoms with Crippen molar-refractivity contribution in [2.45, 2.75) is 25.5 Å². The van der Waals surface area contributed by atoms with Crippen LogP contribution in [0.25, 0.3) is 6.08 Å². The number of aliphatic hydroxyl groups excluding tert-OH is 1. The molecule has 114 valence electrons. The quantitative estimate of drug-likeness (QED) is 0.789. The molecule has 0 spiro atoms. The third-order valence-electron chi connectivity index (χ3n) is 3.63. The van der Waals surface area contributed by atoms with Gasteiger partial charge in [0.25, 0.3) is 0 Å². The number of hydrogen-bond donors (Lipinski definition) is 2. The van der Waals surface area contributed by atoms with E-state index in [9.17, 15) is 14.3 Å². The van der Waals surface area contributed by atoms with E-state index in [0.717, 1.165) is 31.0 Å². The van der Waals surface area contributed by atoms with Gasteiger partial charge in [-0.15, -0.1) is 0 Å². The highest BCUT2D eigenvalue weighted by Crippen LogP contribution is 2.28. The summed E-state index contributed by atoms with van der Waals surface area (Å²) in [6.07, 6.45) is 3.89. The normalized spacial score (nSPS) is 21.7. The molecule has 2 rings (SSSR count). The number of nitrogens with zero attached hydrogens (tertiary/aromatic N) is 1. The Labute approximate surface area is 123 Å². The molecule has 2 N–H and O–H groups in total. The van der Waals surface area contributed by atoms with Crippen LogP contribution in [0.5, 0.6) is 0 Å². The lowest BCUT2D eigenvalue weighted by Crippen LogP contribution is -2.36. The molecule has 21 heavy (non-hydrogen) atoms. The zero-order valence-electron chi connectivity index (χ0n) is 12.0. The molecule has 0 unspecified atom stereocenters. The van der Waals surface area contributed by atoms with Crippen LogP contribution in [0.1, 0.15) is 24.0 Å². The highest BCUT2D eigenvalue weighted by atomic mass is 19.1. The predicted octanol–water partition coefficient (Wildman–Crippen LogP) is 2.13. The zero-order chi connectivity index (χ0) is 15.4. The maximum Gasteiger partial charge on any atom is 0.328 e. The minimum Gasteiger partial charge on any atom is -0.478 e. The van der Waals surface area contributed by atoms with Crippen molar-refractivity contribution >= 4 is 12.0 Å². The van der Waals surface area contributed by atoms with Gasteiger partial charge >= 0.3 is 5.97 Å². The van der Waals surface area contributed by atoms with Crippen molar-refractivity contribution < 1.29 is 19.4 Å². The number of aliphatic hydroxyl groups is 1. The highest BCUT2D eigenvalue weighted by molar-refractivity contribution is 5.85. The van der Waals surface area contributed by atoms with E-state index >= 15 is 0 Å². The lowest BCUT2D eigenvalue weighted by atomic mass is 9.82. The number of halogens is 1. The summed E-state index contributed by atoms with van der Waals surface area (Å²) in [6.45, 7) is 1.46. The Morgan fingerprint density at radius 3 is 2.76 bits per heavy atom. The summed E-state index contributed by atoms with van der Waals surface area (Å²) in [4.78, 5) is 12.6. The molecule has 1 fully saturated rings. The Balaban J connectivity index is 1.97. The highest BCUT2D eigenvalue weighted by Gasteiger charge is 2.27. The number of carboxylic acids is 1. The first-order valence-corrected chi connectivity index (χ1v) is 6.99. The van der Waals surface area contributed by atoms with Crippen LogP contribution in [0.3, 0.4) is 0 Å². The lowest BCUT2D eigenvalue weighted by Gasteiger charge is -2.34. The van der Waals surface area contributed by atoms with Crippen LogP contribution in [-0.2, 0) is 11.3 Å². The van der Waals surface area contributed by atoms with Gasteiger partial charge in [-0.1, -0.05) is 6.07 Å². The molecule has 4 nitrogen and oxygen atoms in total. The molecule has 1 aromatic rings. The fraction of sp³-hybridized carbons (Fsp3) is 0.438. The molecule has 0 saturated heterocycles. The van der Waals surface area contributed by atoms with Gasteiger partial charge in [0.15, 0.2) is 0 Å². The van der Waals surface area contributed by atoms with Gasteiger partial charge in [-0.3, -0.25) is 0 Å². The number of carbonyl (C=O) groups is 1. The molecule has 0 aliphatic heterocycles. The SMILES string of the molecule is CN(Cc1cc(F)cc(C=CC(=O)O)c1)CC1CC(O)C1. The minimum atomic E-state index is -1.05. The summed E-state index contributed by atoms with van der Waals surface area (Å²) in [5.41, 5.74) is 1.35. The molecule has 1 aliphatic rings. The van der Waals surface area contributed by atoms with Crippen LogP contribution in [0, 0.1) is 11.7 Å². The second-order valence-corrected chi connectivity index (χ2v) is 5.75. The van der Waals surface area contributed by atoms with Crippen LogP contribution < -0.4 is 0 Å². The Morgan fingerprint density at radius 1 is 1.43 bits per heavy atom. The van der Waals surface area contributed by atoms with Gasteiger partial charge in [-0.05, 0) is 55.1 Å². The Kier molecular flexibility index (Phi) is 5.09. The van der Waals surface area contributed by atoms with Crippen LogP contribution in [0.4, 0.5) is 4.39 Å². The van der Waals surface area contributed by atoms with Crippen LogP contribution >= 0.6 is 0 Å². The molecule has 0 aromatic heterocycles. The summed E-state index contributed by atoms with van der Waals surface area (Å²) < 4.78 is 13.6. The average molecular weight is 293 g/mol. The molecule has 1 aromatic carbocycles. The van der Waals surface area contributed by atoms with Crippen LogP contribution in [-0.4, -0.2) is 40.8 Å². The molecule has 0 atom stereocenters. The van der Waals surface area contributed by atoms with Gasteiger partial charge in [0.05, 0.1) is 6.10 Å². The van der Waals surface area contributed by atoms with Crippen molar-refractivity contribution in [1.82, 2.24) is 4.90 Å². The number of benzene rings is 1. The number of rotatable bonds is 6. The summed E-state index contributed by atoms with van der Waals surface area (Å²) in [5.74, 6) is -0.920. The number of carboxylic acid groups (broad SMARTS) is 1. The maximum atomic E-state index is 13.6. The number of aliphatic carboxylic acids is 1. The van der Waals surface area contributed by atoms with E-state index in [4.69, 9.17) is 5.11 Å². The van der Waals surface area contributed by atoms with Gasteiger partial charge in [-0.2, -0.15) is 0 Å². The first-order valence-electron chi connectivity index (χ1n) is 6.99. The molecule has 1 saturated carbocycles. The van der Waals surface area contributed by atoms with Crippen molar-refractivity contribution in [3.05, 3.63) is 41.2 Å². The van der Waals surface area contributed by atoms with Gasteiger partial charge < -0.3 is 15.1 Å². The molecule has 0 heterocycles. The Morgan fingerprint density at radius 2 is 2.14 bits per heavy atom.